The van der Waals surface area contributed by atoms with Crippen LogP contribution in [0.25, 0.3) is 10.8 Å². The number of thiazole rings is 1. The normalized spacial score (nSPS) is 10.5. The van der Waals surface area contributed by atoms with Gasteiger partial charge < -0.3 is 9.63 Å². The Labute approximate surface area is 89.4 Å². The van der Waals surface area contributed by atoms with E-state index >= 15 is 0 Å². The molecule has 0 aliphatic carbocycles. The van der Waals surface area contributed by atoms with Gasteiger partial charge in [0.05, 0.1) is 6.20 Å². The Morgan fingerprint density at radius 1 is 1.67 bits per heavy atom. The number of aromatic nitrogens is 2. The molecule has 0 atom stereocenters. The number of hydrogen-bond donors (Lipinski definition) is 1. The number of carboxylic acid groups (broad SMARTS) is 1. The van der Waals surface area contributed by atoms with Crippen molar-refractivity contribution in [3.8, 4) is 10.8 Å². The quantitative estimate of drug-likeness (QED) is 0.863. The topological polar surface area (TPSA) is 76.2 Å². The fourth-order valence-electron chi connectivity index (χ4n) is 1.19. The van der Waals surface area contributed by atoms with Gasteiger partial charge in [0.2, 0.25) is 0 Å². The van der Waals surface area contributed by atoms with Crippen molar-refractivity contribution in [3.63, 3.8) is 0 Å². The molecule has 2 aromatic rings. The second-order valence-corrected chi connectivity index (χ2v) is 3.91. The first kappa shape index (κ1) is 9.85. The van der Waals surface area contributed by atoms with Crippen LogP contribution in [-0.4, -0.2) is 21.2 Å². The molecule has 0 fully saturated rings. The molecule has 0 unspecified atom stereocenters. The number of rotatable bonds is 3. The number of carbonyl (C=O) groups is 1. The molecule has 0 saturated heterocycles. The second-order valence-electron chi connectivity index (χ2n) is 2.83. The first-order valence-electron chi connectivity index (χ1n) is 4.36. The maximum atomic E-state index is 10.9. The second kappa shape index (κ2) is 3.82. The standard InChI is InChI=1S/C9H8N2O3S/c1-2-6-7(9(12)13)11-8(15-6)5-3-4-10-14-5/h3-4H,2H2,1H3,(H,12,13). The molecular formula is C9H8N2O3S. The Bertz CT molecular complexity index is 476. The summed E-state index contributed by atoms with van der Waals surface area (Å²) in [5, 5.41) is 13.0. The van der Waals surface area contributed by atoms with Crippen LogP contribution in [0.5, 0.6) is 0 Å². The number of carboxylic acids is 1. The van der Waals surface area contributed by atoms with Gasteiger partial charge in [-0.1, -0.05) is 12.1 Å². The smallest absolute Gasteiger partial charge is 0.355 e. The van der Waals surface area contributed by atoms with Gasteiger partial charge in [-0.25, -0.2) is 9.78 Å². The molecule has 78 valence electrons. The average Bonchev–Trinajstić information content (AvgIpc) is 2.86. The van der Waals surface area contributed by atoms with E-state index in [0.717, 1.165) is 4.88 Å². The van der Waals surface area contributed by atoms with E-state index < -0.39 is 5.97 Å². The molecule has 2 heterocycles. The van der Waals surface area contributed by atoms with Gasteiger partial charge >= 0.3 is 5.97 Å². The van der Waals surface area contributed by atoms with Gasteiger partial charge in [-0.2, -0.15) is 0 Å². The predicted molar refractivity (Wildman–Crippen MR) is 53.9 cm³/mol. The zero-order valence-corrected chi connectivity index (χ0v) is 8.74. The van der Waals surface area contributed by atoms with E-state index in [2.05, 4.69) is 10.1 Å². The molecule has 2 aromatic heterocycles. The summed E-state index contributed by atoms with van der Waals surface area (Å²) in [4.78, 5) is 15.6. The molecule has 0 bridgehead atoms. The van der Waals surface area contributed by atoms with E-state index in [1.54, 1.807) is 6.07 Å². The summed E-state index contributed by atoms with van der Waals surface area (Å²) in [6, 6.07) is 1.66. The van der Waals surface area contributed by atoms with Gasteiger partial charge in [0.1, 0.15) is 0 Å². The van der Waals surface area contributed by atoms with Crippen LogP contribution in [0.15, 0.2) is 16.8 Å². The van der Waals surface area contributed by atoms with Crippen molar-refractivity contribution in [2.75, 3.05) is 0 Å². The number of hydrogen-bond acceptors (Lipinski definition) is 5. The van der Waals surface area contributed by atoms with Gasteiger partial charge in [-0.15, -0.1) is 11.3 Å². The van der Waals surface area contributed by atoms with Crippen molar-refractivity contribution in [3.05, 3.63) is 22.8 Å². The minimum Gasteiger partial charge on any atom is -0.476 e. The van der Waals surface area contributed by atoms with E-state index in [9.17, 15) is 4.79 Å². The molecule has 1 N–H and O–H groups in total. The highest BCUT2D eigenvalue weighted by atomic mass is 32.1. The summed E-state index contributed by atoms with van der Waals surface area (Å²) < 4.78 is 4.92. The van der Waals surface area contributed by atoms with Crippen LogP contribution in [0, 0.1) is 0 Å². The maximum absolute atomic E-state index is 10.9. The minimum atomic E-state index is -1.01. The molecule has 0 spiro atoms. The van der Waals surface area contributed by atoms with Crippen LogP contribution in [0.4, 0.5) is 0 Å². The average molecular weight is 224 g/mol. The van der Waals surface area contributed by atoms with Gasteiger partial charge in [0.25, 0.3) is 0 Å². The molecule has 0 aromatic carbocycles. The van der Waals surface area contributed by atoms with E-state index in [1.165, 1.54) is 17.5 Å². The van der Waals surface area contributed by atoms with E-state index in [0.29, 0.717) is 17.2 Å². The van der Waals surface area contributed by atoms with Crippen LogP contribution < -0.4 is 0 Å². The van der Waals surface area contributed by atoms with E-state index in [-0.39, 0.29) is 5.69 Å². The fraction of sp³-hybridized carbons (Fsp3) is 0.222. The van der Waals surface area contributed by atoms with Crippen molar-refractivity contribution in [2.24, 2.45) is 0 Å². The molecule has 0 amide bonds. The molecule has 0 aliphatic rings. The molecular weight excluding hydrogens is 216 g/mol. The highest BCUT2D eigenvalue weighted by Crippen LogP contribution is 2.28. The Morgan fingerprint density at radius 3 is 2.93 bits per heavy atom. The van der Waals surface area contributed by atoms with Crippen LogP contribution in [0.2, 0.25) is 0 Å². The third-order valence-electron chi connectivity index (χ3n) is 1.87. The first-order chi connectivity index (χ1) is 7.22. The van der Waals surface area contributed by atoms with Gasteiger partial charge in [0.15, 0.2) is 16.5 Å². The van der Waals surface area contributed by atoms with Crippen molar-refractivity contribution in [1.29, 1.82) is 0 Å². The summed E-state index contributed by atoms with van der Waals surface area (Å²) in [5.41, 5.74) is 0.105. The van der Waals surface area contributed by atoms with Crippen LogP contribution in [0.1, 0.15) is 22.3 Å². The molecule has 15 heavy (non-hydrogen) atoms. The summed E-state index contributed by atoms with van der Waals surface area (Å²) in [6.07, 6.45) is 2.15. The number of nitrogens with zero attached hydrogens (tertiary/aromatic N) is 2. The lowest BCUT2D eigenvalue weighted by atomic mass is 10.3. The summed E-state index contributed by atoms with van der Waals surface area (Å²) in [6.45, 7) is 1.89. The third-order valence-corrected chi connectivity index (χ3v) is 3.08. The largest absolute Gasteiger partial charge is 0.476 e. The van der Waals surface area contributed by atoms with Crippen molar-refractivity contribution in [2.45, 2.75) is 13.3 Å². The van der Waals surface area contributed by atoms with Crippen molar-refractivity contribution >= 4 is 17.3 Å². The molecule has 0 aliphatic heterocycles. The molecule has 2 rings (SSSR count). The highest BCUT2D eigenvalue weighted by molar-refractivity contribution is 7.15. The Hall–Kier alpha value is -1.69. The maximum Gasteiger partial charge on any atom is 0.355 e. The summed E-state index contributed by atoms with van der Waals surface area (Å²) >= 11 is 1.32. The lowest BCUT2D eigenvalue weighted by molar-refractivity contribution is 0.0690. The zero-order chi connectivity index (χ0) is 10.8. The Balaban J connectivity index is 2.48. The monoisotopic (exact) mass is 224 g/mol. The van der Waals surface area contributed by atoms with Crippen LogP contribution in [0.3, 0.4) is 0 Å². The lowest BCUT2D eigenvalue weighted by Crippen LogP contribution is -1.99. The first-order valence-corrected chi connectivity index (χ1v) is 5.18. The zero-order valence-electron chi connectivity index (χ0n) is 7.93. The number of aromatic carboxylic acids is 1. The molecule has 0 saturated carbocycles. The Morgan fingerprint density at radius 2 is 2.47 bits per heavy atom. The number of aryl methyl sites for hydroxylation is 1. The summed E-state index contributed by atoms with van der Waals surface area (Å²) in [5.74, 6) is -0.504. The van der Waals surface area contributed by atoms with Crippen LogP contribution in [-0.2, 0) is 6.42 Å². The molecule has 0 radical (unpaired) electrons. The predicted octanol–water partition coefficient (Wildman–Crippen LogP) is 2.06. The van der Waals surface area contributed by atoms with Gasteiger partial charge in [-0.3, -0.25) is 0 Å². The van der Waals surface area contributed by atoms with Crippen LogP contribution >= 0.6 is 11.3 Å². The Kier molecular flexibility index (Phi) is 2.51. The molecule has 6 heteroatoms. The SMILES string of the molecule is CCc1sc(-c2ccno2)nc1C(=O)O. The van der Waals surface area contributed by atoms with Gasteiger partial charge in [0, 0.05) is 10.9 Å². The van der Waals surface area contributed by atoms with Crippen molar-refractivity contribution in [1.82, 2.24) is 10.1 Å². The lowest BCUT2D eigenvalue weighted by Gasteiger charge is -1.89. The minimum absolute atomic E-state index is 0.105. The third kappa shape index (κ3) is 1.75. The van der Waals surface area contributed by atoms with E-state index in [4.69, 9.17) is 9.63 Å². The summed E-state index contributed by atoms with van der Waals surface area (Å²) in [7, 11) is 0. The van der Waals surface area contributed by atoms with Crippen molar-refractivity contribution < 1.29 is 14.4 Å². The highest BCUT2D eigenvalue weighted by Gasteiger charge is 2.18. The van der Waals surface area contributed by atoms with E-state index in [1.807, 2.05) is 6.92 Å². The molecule has 5 nitrogen and oxygen atoms in total. The van der Waals surface area contributed by atoms with Gasteiger partial charge in [-0.05, 0) is 6.42 Å². The fourth-order valence-corrected chi connectivity index (χ4v) is 2.14.